The number of hydrogen-bond acceptors (Lipinski definition) is 5. The molecule has 2 rings (SSSR count). The molecule has 0 unspecified atom stereocenters. The normalized spacial score (nSPS) is 11.3. The van der Waals surface area contributed by atoms with Gasteiger partial charge in [-0.3, -0.25) is 9.59 Å². The van der Waals surface area contributed by atoms with Crippen LogP contribution in [0.4, 0.5) is 0 Å². The highest BCUT2D eigenvalue weighted by Crippen LogP contribution is 2.31. The van der Waals surface area contributed by atoms with Gasteiger partial charge in [0.2, 0.25) is 0 Å². The van der Waals surface area contributed by atoms with E-state index in [1.165, 1.54) is 7.11 Å². The highest BCUT2D eigenvalue weighted by atomic mass is 16.5. The van der Waals surface area contributed by atoms with Crippen LogP contribution < -0.4 is 19.5 Å². The lowest BCUT2D eigenvalue weighted by Gasteiger charge is -2.19. The molecule has 0 saturated heterocycles. The third-order valence-electron chi connectivity index (χ3n) is 3.72. The first-order valence-electron chi connectivity index (χ1n) is 8.53. The van der Waals surface area contributed by atoms with Gasteiger partial charge in [0.05, 0.1) is 26.2 Å². The summed E-state index contributed by atoms with van der Waals surface area (Å²) in [5.41, 5.74) is 0.603. The van der Waals surface area contributed by atoms with Crippen molar-refractivity contribution in [2.24, 2.45) is 0 Å². The summed E-state index contributed by atoms with van der Waals surface area (Å²) in [6.45, 7) is 2.11. The van der Waals surface area contributed by atoms with Crippen LogP contribution in [-0.4, -0.2) is 37.3 Å². The average molecular weight is 373 g/mol. The van der Waals surface area contributed by atoms with Crippen molar-refractivity contribution < 1.29 is 28.9 Å². The number of amides is 1. The summed E-state index contributed by atoms with van der Waals surface area (Å²) in [4.78, 5) is 23.4. The van der Waals surface area contributed by atoms with Crippen molar-refractivity contribution in [3.8, 4) is 17.2 Å². The second-order valence-electron chi connectivity index (χ2n) is 5.66. The summed E-state index contributed by atoms with van der Waals surface area (Å²) in [7, 11) is 1.50. The number of carboxylic acid groups (broad SMARTS) is 1. The van der Waals surface area contributed by atoms with Crippen LogP contribution in [0.3, 0.4) is 0 Å². The van der Waals surface area contributed by atoms with Crippen molar-refractivity contribution in [2.45, 2.75) is 19.4 Å². The van der Waals surface area contributed by atoms with Gasteiger partial charge >= 0.3 is 5.97 Å². The van der Waals surface area contributed by atoms with E-state index in [1.54, 1.807) is 42.5 Å². The van der Waals surface area contributed by atoms with E-state index in [4.69, 9.17) is 14.2 Å². The van der Waals surface area contributed by atoms with Crippen molar-refractivity contribution >= 4 is 11.9 Å². The minimum absolute atomic E-state index is 0.214. The van der Waals surface area contributed by atoms with Crippen molar-refractivity contribution in [3.63, 3.8) is 0 Å². The molecule has 0 spiro atoms. The molecule has 0 aromatic heterocycles. The van der Waals surface area contributed by atoms with Crippen LogP contribution in [0.5, 0.6) is 17.2 Å². The van der Waals surface area contributed by atoms with Crippen LogP contribution in [0.15, 0.2) is 48.5 Å². The van der Waals surface area contributed by atoms with Crippen LogP contribution in [-0.2, 0) is 9.59 Å². The number of para-hydroxylation sites is 1. The van der Waals surface area contributed by atoms with E-state index >= 15 is 0 Å². The zero-order valence-corrected chi connectivity index (χ0v) is 15.3. The summed E-state index contributed by atoms with van der Waals surface area (Å²) >= 11 is 0. The van der Waals surface area contributed by atoms with Crippen LogP contribution in [0.25, 0.3) is 0 Å². The van der Waals surface area contributed by atoms with Crippen molar-refractivity contribution in [1.29, 1.82) is 0 Å². The molecule has 7 heteroatoms. The minimum Gasteiger partial charge on any atom is -0.493 e. The Morgan fingerprint density at radius 3 is 2.44 bits per heavy atom. The van der Waals surface area contributed by atoms with E-state index in [0.29, 0.717) is 29.4 Å². The Hall–Kier alpha value is -3.22. The standard InChI is InChI=1S/C20H23NO6/c1-3-26-17-10-9-14(11-18(17)25-2)16(12-20(23)24)21-19(22)13-27-15-7-5-4-6-8-15/h4-11,16H,3,12-13H2,1-2H3,(H,21,22)(H,23,24)/t16-/m1/s1. The molecule has 2 N–H and O–H groups in total. The number of aliphatic carboxylic acids is 1. The third kappa shape index (κ3) is 6.22. The average Bonchev–Trinajstić information content (AvgIpc) is 2.67. The third-order valence-corrected chi connectivity index (χ3v) is 3.72. The Balaban J connectivity index is 2.10. The van der Waals surface area contributed by atoms with Gasteiger partial charge < -0.3 is 24.6 Å². The van der Waals surface area contributed by atoms with Crippen molar-refractivity contribution in [1.82, 2.24) is 5.32 Å². The number of hydrogen-bond donors (Lipinski definition) is 2. The molecule has 0 aliphatic carbocycles. The summed E-state index contributed by atoms with van der Waals surface area (Å²) < 4.78 is 16.2. The molecule has 0 fully saturated rings. The van der Waals surface area contributed by atoms with Gasteiger partial charge in [-0.15, -0.1) is 0 Å². The molecule has 0 heterocycles. The topological polar surface area (TPSA) is 94.1 Å². The van der Waals surface area contributed by atoms with E-state index in [0.717, 1.165) is 0 Å². The molecule has 0 aliphatic rings. The molecule has 7 nitrogen and oxygen atoms in total. The fourth-order valence-electron chi connectivity index (χ4n) is 2.50. The highest BCUT2D eigenvalue weighted by molar-refractivity contribution is 5.79. The zero-order chi connectivity index (χ0) is 19.6. The lowest BCUT2D eigenvalue weighted by Crippen LogP contribution is -2.33. The minimum atomic E-state index is -1.03. The van der Waals surface area contributed by atoms with Crippen LogP contribution in [0, 0.1) is 0 Å². The van der Waals surface area contributed by atoms with E-state index < -0.39 is 17.9 Å². The molecule has 0 saturated carbocycles. The Kier molecular flexibility index (Phi) is 7.49. The molecular weight excluding hydrogens is 350 g/mol. The first kappa shape index (κ1) is 20.1. The predicted octanol–water partition coefficient (Wildman–Crippen LogP) is 2.80. The van der Waals surface area contributed by atoms with Gasteiger partial charge in [0.25, 0.3) is 5.91 Å². The number of carboxylic acids is 1. The van der Waals surface area contributed by atoms with E-state index in [-0.39, 0.29) is 13.0 Å². The molecule has 144 valence electrons. The predicted molar refractivity (Wildman–Crippen MR) is 99.2 cm³/mol. The lowest BCUT2D eigenvalue weighted by molar-refractivity contribution is -0.137. The maximum absolute atomic E-state index is 12.2. The molecule has 0 aliphatic heterocycles. The Labute approximate surface area is 157 Å². The van der Waals surface area contributed by atoms with Crippen LogP contribution in [0.1, 0.15) is 24.9 Å². The van der Waals surface area contributed by atoms with Crippen LogP contribution >= 0.6 is 0 Å². The first-order chi connectivity index (χ1) is 13.0. The number of carbonyl (C=O) groups is 2. The molecule has 27 heavy (non-hydrogen) atoms. The monoisotopic (exact) mass is 373 g/mol. The molecule has 0 bridgehead atoms. The Morgan fingerprint density at radius 1 is 1.07 bits per heavy atom. The van der Waals surface area contributed by atoms with E-state index in [1.807, 2.05) is 13.0 Å². The molecule has 0 radical (unpaired) electrons. The fourth-order valence-corrected chi connectivity index (χ4v) is 2.50. The molecular formula is C20H23NO6. The number of benzene rings is 2. The van der Waals surface area contributed by atoms with Crippen molar-refractivity contribution in [3.05, 3.63) is 54.1 Å². The van der Waals surface area contributed by atoms with Gasteiger partial charge in [0.1, 0.15) is 5.75 Å². The maximum atomic E-state index is 12.2. The number of carbonyl (C=O) groups excluding carboxylic acids is 1. The summed E-state index contributed by atoms with van der Waals surface area (Å²) in [5.74, 6) is 0.136. The van der Waals surface area contributed by atoms with E-state index in [2.05, 4.69) is 5.32 Å². The second kappa shape index (κ2) is 10.1. The van der Waals surface area contributed by atoms with Gasteiger partial charge in [0, 0.05) is 0 Å². The van der Waals surface area contributed by atoms with Gasteiger partial charge in [-0.2, -0.15) is 0 Å². The van der Waals surface area contributed by atoms with Gasteiger partial charge in [0.15, 0.2) is 18.1 Å². The summed E-state index contributed by atoms with van der Waals surface area (Å²) in [5, 5.41) is 11.9. The number of ether oxygens (including phenoxy) is 3. The van der Waals surface area contributed by atoms with Crippen molar-refractivity contribution in [2.75, 3.05) is 20.3 Å². The fraction of sp³-hybridized carbons (Fsp3) is 0.300. The SMILES string of the molecule is CCOc1ccc([C@@H](CC(=O)O)NC(=O)COc2ccccc2)cc1OC. The number of rotatable bonds is 10. The van der Waals surface area contributed by atoms with Gasteiger partial charge in [-0.1, -0.05) is 24.3 Å². The molecule has 2 aromatic rings. The van der Waals surface area contributed by atoms with Crippen LogP contribution in [0.2, 0.25) is 0 Å². The zero-order valence-electron chi connectivity index (χ0n) is 15.3. The number of methoxy groups -OCH3 is 1. The van der Waals surface area contributed by atoms with Gasteiger partial charge in [-0.25, -0.2) is 0 Å². The van der Waals surface area contributed by atoms with Gasteiger partial charge in [-0.05, 0) is 36.8 Å². The Morgan fingerprint density at radius 2 is 1.81 bits per heavy atom. The lowest BCUT2D eigenvalue weighted by atomic mass is 10.0. The highest BCUT2D eigenvalue weighted by Gasteiger charge is 2.20. The van der Waals surface area contributed by atoms with E-state index in [9.17, 15) is 14.7 Å². The first-order valence-corrected chi connectivity index (χ1v) is 8.53. The number of nitrogens with one attached hydrogen (secondary N) is 1. The quantitative estimate of drug-likeness (QED) is 0.665. The molecule has 2 aromatic carbocycles. The smallest absolute Gasteiger partial charge is 0.305 e. The summed E-state index contributed by atoms with van der Waals surface area (Å²) in [6, 6.07) is 13.3. The molecule has 1 atom stereocenters. The second-order valence-corrected chi connectivity index (χ2v) is 5.66. The maximum Gasteiger partial charge on any atom is 0.305 e. The Bertz CT molecular complexity index is 762. The largest absolute Gasteiger partial charge is 0.493 e. The summed E-state index contributed by atoms with van der Waals surface area (Å²) in [6.07, 6.45) is -0.270. The molecule has 1 amide bonds.